The van der Waals surface area contributed by atoms with Gasteiger partial charge in [-0.1, -0.05) is 30.7 Å². The van der Waals surface area contributed by atoms with Gasteiger partial charge in [0, 0.05) is 19.6 Å². The summed E-state index contributed by atoms with van der Waals surface area (Å²) in [5.74, 6) is 0. The summed E-state index contributed by atoms with van der Waals surface area (Å²) in [5, 5.41) is 4.32. The van der Waals surface area contributed by atoms with Crippen LogP contribution in [0, 0.1) is 0 Å². The van der Waals surface area contributed by atoms with Gasteiger partial charge in [0.25, 0.3) is 0 Å². The van der Waals surface area contributed by atoms with Gasteiger partial charge in [-0.2, -0.15) is 0 Å². The fourth-order valence-electron chi connectivity index (χ4n) is 2.14. The first-order valence-corrected chi connectivity index (χ1v) is 6.82. The number of nitrogens with one attached hydrogen (secondary N) is 1. The molecule has 0 aliphatic heterocycles. The summed E-state index contributed by atoms with van der Waals surface area (Å²) < 4.78 is 0. The van der Waals surface area contributed by atoms with Gasteiger partial charge in [-0.05, 0) is 37.4 Å². The average Bonchev–Trinajstić information content (AvgIpc) is 3.13. The second kappa shape index (κ2) is 5.74. The summed E-state index contributed by atoms with van der Waals surface area (Å²) in [7, 11) is 2.15. The topological polar surface area (TPSA) is 15.3 Å². The van der Waals surface area contributed by atoms with Crippen molar-refractivity contribution >= 4 is 17.3 Å². The van der Waals surface area contributed by atoms with E-state index in [4.69, 9.17) is 11.6 Å². The van der Waals surface area contributed by atoms with Crippen molar-refractivity contribution in [1.82, 2.24) is 5.32 Å². The molecule has 0 amide bonds. The molecule has 1 saturated carbocycles. The zero-order chi connectivity index (χ0) is 12.3. The summed E-state index contributed by atoms with van der Waals surface area (Å²) in [6.07, 6.45) is 3.75. The van der Waals surface area contributed by atoms with Crippen LogP contribution in [0.1, 0.15) is 31.7 Å². The normalized spacial score (nSPS) is 15.0. The van der Waals surface area contributed by atoms with Crippen molar-refractivity contribution in [2.75, 3.05) is 18.5 Å². The molecule has 1 N–H and O–H groups in total. The van der Waals surface area contributed by atoms with Crippen LogP contribution in [0.25, 0.3) is 0 Å². The number of anilines is 1. The molecule has 0 saturated heterocycles. The average molecular weight is 253 g/mol. The minimum Gasteiger partial charge on any atom is -0.370 e. The molecule has 3 heteroatoms. The van der Waals surface area contributed by atoms with Crippen molar-refractivity contribution in [1.29, 1.82) is 0 Å². The van der Waals surface area contributed by atoms with Crippen LogP contribution in [0.2, 0.25) is 5.02 Å². The minimum atomic E-state index is 0.694. The van der Waals surface area contributed by atoms with E-state index in [9.17, 15) is 0 Å². The van der Waals surface area contributed by atoms with Crippen molar-refractivity contribution in [3.05, 3.63) is 28.8 Å². The van der Waals surface area contributed by atoms with Crippen LogP contribution in [-0.2, 0) is 6.54 Å². The summed E-state index contributed by atoms with van der Waals surface area (Å²) in [4.78, 5) is 2.34. The van der Waals surface area contributed by atoms with Crippen LogP contribution in [0.4, 0.5) is 5.69 Å². The smallest absolute Gasteiger partial charge is 0.0642 e. The van der Waals surface area contributed by atoms with E-state index in [1.54, 1.807) is 0 Å². The van der Waals surface area contributed by atoms with Crippen molar-refractivity contribution in [3.8, 4) is 0 Å². The maximum atomic E-state index is 6.34. The van der Waals surface area contributed by atoms with E-state index in [1.165, 1.54) is 24.1 Å². The molecule has 0 radical (unpaired) electrons. The molecule has 1 aliphatic rings. The molecule has 94 valence electrons. The van der Waals surface area contributed by atoms with Gasteiger partial charge >= 0.3 is 0 Å². The van der Waals surface area contributed by atoms with E-state index in [0.29, 0.717) is 6.04 Å². The van der Waals surface area contributed by atoms with E-state index in [1.807, 2.05) is 12.1 Å². The first-order chi connectivity index (χ1) is 8.24. The van der Waals surface area contributed by atoms with Crippen molar-refractivity contribution in [2.24, 2.45) is 0 Å². The molecule has 1 aliphatic carbocycles. The van der Waals surface area contributed by atoms with Crippen molar-refractivity contribution in [2.45, 2.75) is 38.8 Å². The molecule has 2 nitrogen and oxygen atoms in total. The molecular weight excluding hydrogens is 232 g/mol. The molecular formula is C14H21ClN2. The number of para-hydroxylation sites is 1. The molecule has 1 fully saturated rings. The molecule has 0 spiro atoms. The Balaban J connectivity index is 2.15. The van der Waals surface area contributed by atoms with Gasteiger partial charge in [0.05, 0.1) is 10.7 Å². The largest absolute Gasteiger partial charge is 0.370 e. The van der Waals surface area contributed by atoms with Gasteiger partial charge in [-0.3, -0.25) is 0 Å². The van der Waals surface area contributed by atoms with E-state index in [2.05, 4.69) is 30.3 Å². The van der Waals surface area contributed by atoms with Gasteiger partial charge in [0.2, 0.25) is 0 Å². The SMILES string of the molecule is CCCNCc1cccc(Cl)c1N(C)C1CC1. The number of halogens is 1. The van der Waals surface area contributed by atoms with Crippen molar-refractivity contribution < 1.29 is 0 Å². The highest BCUT2D eigenvalue weighted by atomic mass is 35.5. The maximum absolute atomic E-state index is 6.34. The number of hydrogen-bond acceptors (Lipinski definition) is 2. The fourth-order valence-corrected chi connectivity index (χ4v) is 2.47. The van der Waals surface area contributed by atoms with Crippen LogP contribution in [0.5, 0.6) is 0 Å². The first-order valence-electron chi connectivity index (χ1n) is 6.45. The minimum absolute atomic E-state index is 0.694. The lowest BCUT2D eigenvalue weighted by Crippen LogP contribution is -2.23. The van der Waals surface area contributed by atoms with Crippen LogP contribution < -0.4 is 10.2 Å². The Kier molecular flexibility index (Phi) is 4.30. The molecule has 0 atom stereocenters. The van der Waals surface area contributed by atoms with E-state index in [-0.39, 0.29) is 0 Å². The lowest BCUT2D eigenvalue weighted by atomic mass is 10.1. The van der Waals surface area contributed by atoms with Gasteiger partial charge in [-0.15, -0.1) is 0 Å². The molecule has 2 rings (SSSR count). The third-order valence-corrected chi connectivity index (χ3v) is 3.56. The monoisotopic (exact) mass is 252 g/mol. The molecule has 1 aromatic rings. The fraction of sp³-hybridized carbons (Fsp3) is 0.571. The number of hydrogen-bond donors (Lipinski definition) is 1. The number of rotatable bonds is 6. The number of benzene rings is 1. The predicted molar refractivity (Wildman–Crippen MR) is 74.9 cm³/mol. The quantitative estimate of drug-likeness (QED) is 0.781. The maximum Gasteiger partial charge on any atom is 0.0642 e. The second-order valence-electron chi connectivity index (χ2n) is 4.77. The summed E-state index contributed by atoms with van der Waals surface area (Å²) >= 11 is 6.34. The summed E-state index contributed by atoms with van der Waals surface area (Å²) in [6, 6.07) is 6.89. The van der Waals surface area contributed by atoms with Gasteiger partial charge in [0.15, 0.2) is 0 Å². The number of nitrogens with zero attached hydrogens (tertiary/aromatic N) is 1. The third-order valence-electron chi connectivity index (χ3n) is 3.26. The molecule has 0 aromatic heterocycles. The zero-order valence-corrected chi connectivity index (χ0v) is 11.4. The Morgan fingerprint density at radius 1 is 1.41 bits per heavy atom. The Morgan fingerprint density at radius 2 is 2.18 bits per heavy atom. The van der Waals surface area contributed by atoms with Crippen molar-refractivity contribution in [3.63, 3.8) is 0 Å². The van der Waals surface area contributed by atoms with Crippen LogP contribution >= 0.6 is 11.6 Å². The van der Waals surface area contributed by atoms with Gasteiger partial charge in [0.1, 0.15) is 0 Å². The molecule has 17 heavy (non-hydrogen) atoms. The highest BCUT2D eigenvalue weighted by Crippen LogP contribution is 2.36. The molecule has 0 bridgehead atoms. The predicted octanol–water partition coefficient (Wildman–Crippen LogP) is 3.44. The third kappa shape index (κ3) is 3.14. The lowest BCUT2D eigenvalue weighted by molar-refractivity contribution is 0.673. The Morgan fingerprint density at radius 3 is 2.82 bits per heavy atom. The van der Waals surface area contributed by atoms with Gasteiger partial charge in [-0.25, -0.2) is 0 Å². The van der Waals surface area contributed by atoms with E-state index >= 15 is 0 Å². The van der Waals surface area contributed by atoms with Crippen LogP contribution in [0.15, 0.2) is 18.2 Å². The van der Waals surface area contributed by atoms with Crippen LogP contribution in [-0.4, -0.2) is 19.6 Å². The van der Waals surface area contributed by atoms with Gasteiger partial charge < -0.3 is 10.2 Å². The molecule has 0 unspecified atom stereocenters. The zero-order valence-electron chi connectivity index (χ0n) is 10.7. The molecule has 1 aromatic carbocycles. The van der Waals surface area contributed by atoms with E-state index < -0.39 is 0 Å². The highest BCUT2D eigenvalue weighted by molar-refractivity contribution is 6.33. The summed E-state index contributed by atoms with van der Waals surface area (Å²) in [5.41, 5.74) is 2.51. The summed E-state index contributed by atoms with van der Waals surface area (Å²) in [6.45, 7) is 4.14. The second-order valence-corrected chi connectivity index (χ2v) is 5.17. The standard InChI is InChI=1S/C14H21ClN2/c1-3-9-16-10-11-5-4-6-13(15)14(11)17(2)12-7-8-12/h4-6,12,16H,3,7-10H2,1-2H3. The Bertz CT molecular complexity index is 374. The Hall–Kier alpha value is -0.730. The lowest BCUT2D eigenvalue weighted by Gasteiger charge is -2.23. The Labute approximate surface area is 109 Å². The van der Waals surface area contributed by atoms with Crippen LogP contribution in [0.3, 0.4) is 0 Å². The molecule has 0 heterocycles. The first kappa shape index (κ1) is 12.7. The van der Waals surface area contributed by atoms with E-state index in [0.717, 1.165) is 24.5 Å². The highest BCUT2D eigenvalue weighted by Gasteiger charge is 2.28.